The van der Waals surface area contributed by atoms with Gasteiger partial charge in [0.2, 0.25) is 0 Å². The number of nitrogens with zero attached hydrogens (tertiary/aromatic N) is 1. The van der Waals surface area contributed by atoms with Crippen molar-refractivity contribution in [3.05, 3.63) is 29.8 Å². The van der Waals surface area contributed by atoms with Gasteiger partial charge in [0.05, 0.1) is 6.61 Å². The average molecular weight is 264 g/mol. The second-order valence-corrected chi connectivity index (χ2v) is 5.25. The fourth-order valence-corrected chi connectivity index (χ4v) is 1.71. The first kappa shape index (κ1) is 16.0. The number of likely N-dealkylation sites (N-methyl/N-ethyl adjacent to an activating group) is 1. The maximum Gasteiger partial charge on any atom is 0.119 e. The van der Waals surface area contributed by atoms with Gasteiger partial charge in [0, 0.05) is 25.7 Å². The lowest BCUT2D eigenvalue weighted by Gasteiger charge is -2.21. The van der Waals surface area contributed by atoms with Gasteiger partial charge in [0.15, 0.2) is 0 Å². The summed E-state index contributed by atoms with van der Waals surface area (Å²) in [6, 6.07) is 8.94. The Bertz CT molecular complexity index is 352. The van der Waals surface area contributed by atoms with Gasteiger partial charge >= 0.3 is 0 Å². The molecule has 1 aromatic rings. The first-order valence-corrected chi connectivity index (χ1v) is 7.26. The maximum atomic E-state index is 5.64. The molecule has 0 bridgehead atoms. The van der Waals surface area contributed by atoms with Crippen molar-refractivity contribution >= 4 is 0 Å². The maximum absolute atomic E-state index is 5.64. The first-order chi connectivity index (χ1) is 9.13. The van der Waals surface area contributed by atoms with Crippen LogP contribution in [-0.4, -0.2) is 37.7 Å². The van der Waals surface area contributed by atoms with E-state index in [1.54, 1.807) is 0 Å². The van der Waals surface area contributed by atoms with Gasteiger partial charge < -0.3 is 15.0 Å². The highest BCUT2D eigenvalue weighted by Crippen LogP contribution is 2.13. The SMILES string of the molecule is CCCOc1cccc(CNCCN(C)C(C)C)c1. The molecule has 0 aliphatic heterocycles. The van der Waals surface area contributed by atoms with Gasteiger partial charge in [-0.1, -0.05) is 19.1 Å². The molecule has 1 N–H and O–H groups in total. The van der Waals surface area contributed by atoms with Gasteiger partial charge in [-0.05, 0) is 45.0 Å². The van der Waals surface area contributed by atoms with E-state index in [9.17, 15) is 0 Å². The largest absolute Gasteiger partial charge is 0.494 e. The molecule has 0 heterocycles. The minimum Gasteiger partial charge on any atom is -0.494 e. The van der Waals surface area contributed by atoms with Crippen molar-refractivity contribution in [2.24, 2.45) is 0 Å². The lowest BCUT2D eigenvalue weighted by atomic mass is 10.2. The summed E-state index contributed by atoms with van der Waals surface area (Å²) in [4.78, 5) is 2.34. The molecule has 19 heavy (non-hydrogen) atoms. The molecule has 0 unspecified atom stereocenters. The van der Waals surface area contributed by atoms with E-state index >= 15 is 0 Å². The fraction of sp³-hybridized carbons (Fsp3) is 0.625. The summed E-state index contributed by atoms with van der Waals surface area (Å²) in [5, 5.41) is 3.47. The monoisotopic (exact) mass is 264 g/mol. The number of nitrogens with one attached hydrogen (secondary N) is 1. The molecule has 108 valence electrons. The number of hydrogen-bond donors (Lipinski definition) is 1. The lowest BCUT2D eigenvalue weighted by molar-refractivity contribution is 0.273. The Labute approximate surface area is 118 Å². The summed E-state index contributed by atoms with van der Waals surface area (Å²) in [6.07, 6.45) is 1.05. The Morgan fingerprint density at radius 1 is 1.32 bits per heavy atom. The van der Waals surface area contributed by atoms with E-state index in [0.29, 0.717) is 6.04 Å². The molecular formula is C16H28N2O. The zero-order valence-corrected chi connectivity index (χ0v) is 12.8. The summed E-state index contributed by atoms with van der Waals surface area (Å²) in [7, 11) is 2.16. The lowest BCUT2D eigenvalue weighted by Crippen LogP contribution is -2.33. The van der Waals surface area contributed by atoms with Gasteiger partial charge in [0.1, 0.15) is 5.75 Å². The zero-order valence-electron chi connectivity index (χ0n) is 12.8. The summed E-state index contributed by atoms with van der Waals surface area (Å²) in [5.74, 6) is 0.973. The Morgan fingerprint density at radius 3 is 2.79 bits per heavy atom. The van der Waals surface area contributed by atoms with Crippen LogP contribution in [0.3, 0.4) is 0 Å². The van der Waals surface area contributed by atoms with Crippen LogP contribution in [0.1, 0.15) is 32.8 Å². The van der Waals surface area contributed by atoms with Gasteiger partial charge in [0.25, 0.3) is 0 Å². The van der Waals surface area contributed by atoms with Crippen LogP contribution in [0.15, 0.2) is 24.3 Å². The predicted molar refractivity (Wildman–Crippen MR) is 81.7 cm³/mol. The third-order valence-corrected chi connectivity index (χ3v) is 3.22. The van der Waals surface area contributed by atoms with Crippen molar-refractivity contribution in [1.82, 2.24) is 10.2 Å². The molecule has 1 rings (SSSR count). The molecule has 3 heteroatoms. The van der Waals surface area contributed by atoms with Crippen molar-refractivity contribution in [3.8, 4) is 5.75 Å². The quantitative estimate of drug-likeness (QED) is 0.694. The molecule has 0 radical (unpaired) electrons. The third kappa shape index (κ3) is 6.60. The number of rotatable bonds is 9. The van der Waals surface area contributed by atoms with Crippen molar-refractivity contribution in [2.75, 3.05) is 26.7 Å². The van der Waals surface area contributed by atoms with Crippen LogP contribution < -0.4 is 10.1 Å². The Hall–Kier alpha value is -1.06. The molecule has 0 fully saturated rings. The third-order valence-electron chi connectivity index (χ3n) is 3.22. The van der Waals surface area contributed by atoms with E-state index in [2.05, 4.69) is 56.2 Å². The van der Waals surface area contributed by atoms with Crippen LogP contribution in [0, 0.1) is 0 Å². The molecule has 0 aliphatic carbocycles. The summed E-state index contributed by atoms with van der Waals surface area (Å²) in [6.45, 7) is 10.3. The van der Waals surface area contributed by atoms with E-state index in [-0.39, 0.29) is 0 Å². The first-order valence-electron chi connectivity index (χ1n) is 7.26. The molecule has 0 saturated carbocycles. The second-order valence-electron chi connectivity index (χ2n) is 5.25. The van der Waals surface area contributed by atoms with Crippen LogP contribution in [-0.2, 0) is 6.54 Å². The minimum atomic E-state index is 0.604. The van der Waals surface area contributed by atoms with Crippen molar-refractivity contribution in [1.29, 1.82) is 0 Å². The highest BCUT2D eigenvalue weighted by atomic mass is 16.5. The van der Waals surface area contributed by atoms with Gasteiger partial charge in [-0.3, -0.25) is 0 Å². The summed E-state index contributed by atoms with van der Waals surface area (Å²) >= 11 is 0. The molecule has 0 amide bonds. The van der Waals surface area contributed by atoms with Crippen LogP contribution in [0.4, 0.5) is 0 Å². The minimum absolute atomic E-state index is 0.604. The molecule has 0 atom stereocenters. The summed E-state index contributed by atoms with van der Waals surface area (Å²) < 4.78 is 5.64. The number of hydrogen-bond acceptors (Lipinski definition) is 3. The Balaban J connectivity index is 2.29. The molecule has 3 nitrogen and oxygen atoms in total. The average Bonchev–Trinajstić information content (AvgIpc) is 2.41. The van der Waals surface area contributed by atoms with Crippen LogP contribution in [0.25, 0.3) is 0 Å². The fourth-order valence-electron chi connectivity index (χ4n) is 1.71. The van der Waals surface area contributed by atoms with E-state index in [0.717, 1.165) is 38.4 Å². The van der Waals surface area contributed by atoms with Gasteiger partial charge in [-0.25, -0.2) is 0 Å². The summed E-state index contributed by atoms with van der Waals surface area (Å²) in [5.41, 5.74) is 1.28. The van der Waals surface area contributed by atoms with Crippen LogP contribution >= 0.6 is 0 Å². The molecule has 0 saturated heterocycles. The Kier molecular flexibility index (Phi) is 7.53. The predicted octanol–water partition coefficient (Wildman–Crippen LogP) is 2.91. The molecule has 0 aromatic heterocycles. The van der Waals surface area contributed by atoms with E-state index in [4.69, 9.17) is 4.74 Å². The van der Waals surface area contributed by atoms with Crippen molar-refractivity contribution in [3.63, 3.8) is 0 Å². The second kappa shape index (κ2) is 8.94. The smallest absolute Gasteiger partial charge is 0.119 e. The van der Waals surface area contributed by atoms with Gasteiger partial charge in [-0.2, -0.15) is 0 Å². The zero-order chi connectivity index (χ0) is 14.1. The molecular weight excluding hydrogens is 236 g/mol. The van der Waals surface area contributed by atoms with Crippen molar-refractivity contribution < 1.29 is 4.74 Å². The standard InChI is InChI=1S/C16H28N2O/c1-5-11-19-16-8-6-7-15(12-16)13-17-9-10-18(4)14(2)3/h6-8,12,14,17H,5,9-11,13H2,1-4H3. The molecule has 1 aromatic carbocycles. The normalized spacial score (nSPS) is 11.3. The van der Waals surface area contributed by atoms with Crippen LogP contribution in [0.5, 0.6) is 5.75 Å². The number of ether oxygens (including phenoxy) is 1. The Morgan fingerprint density at radius 2 is 2.11 bits per heavy atom. The van der Waals surface area contributed by atoms with E-state index in [1.807, 2.05) is 6.07 Å². The van der Waals surface area contributed by atoms with E-state index < -0.39 is 0 Å². The van der Waals surface area contributed by atoms with E-state index in [1.165, 1.54) is 5.56 Å². The highest BCUT2D eigenvalue weighted by Gasteiger charge is 2.02. The topological polar surface area (TPSA) is 24.5 Å². The molecule has 0 aliphatic rings. The van der Waals surface area contributed by atoms with Crippen LogP contribution in [0.2, 0.25) is 0 Å². The van der Waals surface area contributed by atoms with Crippen molar-refractivity contribution in [2.45, 2.75) is 39.8 Å². The number of benzene rings is 1. The van der Waals surface area contributed by atoms with Gasteiger partial charge in [-0.15, -0.1) is 0 Å². The highest BCUT2D eigenvalue weighted by molar-refractivity contribution is 5.28. The molecule has 0 spiro atoms.